The minimum absolute atomic E-state index is 0.00157. The molecule has 1 aliphatic rings. The van der Waals surface area contributed by atoms with Gasteiger partial charge in [-0.2, -0.15) is 0 Å². The van der Waals surface area contributed by atoms with Gasteiger partial charge < -0.3 is 9.64 Å². The predicted octanol–water partition coefficient (Wildman–Crippen LogP) is 4.71. The number of carbonyl (C=O) groups excluding carboxylic acids is 1. The third kappa shape index (κ3) is 3.41. The summed E-state index contributed by atoms with van der Waals surface area (Å²) >= 11 is 12.1. The van der Waals surface area contributed by atoms with Crippen molar-refractivity contribution in [2.45, 2.75) is 13.3 Å². The van der Waals surface area contributed by atoms with Crippen LogP contribution in [0.1, 0.15) is 22.8 Å². The van der Waals surface area contributed by atoms with Gasteiger partial charge in [-0.05, 0) is 37.1 Å². The Morgan fingerprint density at radius 2 is 1.92 bits per heavy atom. The average molecular weight is 381 g/mol. The van der Waals surface area contributed by atoms with Gasteiger partial charge in [0.2, 0.25) is 0 Å². The molecule has 6 nitrogen and oxygen atoms in total. The van der Waals surface area contributed by atoms with Crippen molar-refractivity contribution < 1.29 is 14.5 Å². The Balaban J connectivity index is 1.90. The van der Waals surface area contributed by atoms with E-state index in [0.29, 0.717) is 24.4 Å². The second-order valence-corrected chi connectivity index (χ2v) is 6.37. The van der Waals surface area contributed by atoms with Crippen molar-refractivity contribution >= 4 is 34.8 Å². The molecule has 0 saturated carbocycles. The largest absolute Gasteiger partial charge is 0.454 e. The molecule has 1 heterocycles. The number of nitro benzene ring substituents is 1. The molecule has 0 unspecified atom stereocenters. The first kappa shape index (κ1) is 17.5. The van der Waals surface area contributed by atoms with Crippen molar-refractivity contribution in [2.75, 3.05) is 13.1 Å². The van der Waals surface area contributed by atoms with Crippen LogP contribution < -0.4 is 4.74 Å². The van der Waals surface area contributed by atoms with Crippen molar-refractivity contribution in [2.24, 2.45) is 0 Å². The van der Waals surface area contributed by atoms with Crippen LogP contribution in [0.15, 0.2) is 30.3 Å². The van der Waals surface area contributed by atoms with Crippen molar-refractivity contribution in [1.82, 2.24) is 4.90 Å². The van der Waals surface area contributed by atoms with E-state index in [1.807, 2.05) is 6.92 Å². The first-order chi connectivity index (χ1) is 11.9. The topological polar surface area (TPSA) is 72.7 Å². The smallest absolute Gasteiger partial charge is 0.272 e. The molecule has 0 aromatic heterocycles. The van der Waals surface area contributed by atoms with Gasteiger partial charge in [-0.25, -0.2) is 0 Å². The number of non-ortho nitro benzene ring substituents is 1. The Bertz CT molecular complexity index is 847. The van der Waals surface area contributed by atoms with E-state index in [-0.39, 0.29) is 27.4 Å². The maximum Gasteiger partial charge on any atom is 0.272 e. The summed E-state index contributed by atoms with van der Waals surface area (Å²) in [6, 6.07) is 7.51. The van der Waals surface area contributed by atoms with Crippen LogP contribution in [-0.2, 0) is 6.42 Å². The van der Waals surface area contributed by atoms with Crippen molar-refractivity contribution in [1.29, 1.82) is 0 Å². The van der Waals surface area contributed by atoms with Crippen LogP contribution in [0.25, 0.3) is 0 Å². The number of amides is 1. The lowest BCUT2D eigenvalue weighted by molar-refractivity contribution is -0.384. The molecule has 25 heavy (non-hydrogen) atoms. The molecular formula is C17H14Cl2N2O4. The van der Waals surface area contributed by atoms with Crippen LogP contribution >= 0.6 is 23.2 Å². The minimum Gasteiger partial charge on any atom is -0.454 e. The molecular weight excluding hydrogens is 367 g/mol. The highest BCUT2D eigenvalue weighted by atomic mass is 35.5. The Morgan fingerprint density at radius 3 is 2.52 bits per heavy atom. The fraction of sp³-hybridized carbons (Fsp3) is 0.235. The molecule has 0 fully saturated rings. The highest BCUT2D eigenvalue weighted by Gasteiger charge is 2.24. The third-order valence-electron chi connectivity index (χ3n) is 4.04. The Kier molecular flexibility index (Phi) is 4.83. The number of nitro groups is 1. The van der Waals surface area contributed by atoms with E-state index in [0.717, 1.165) is 12.0 Å². The van der Waals surface area contributed by atoms with Gasteiger partial charge in [0.05, 0.1) is 15.0 Å². The number of halogens is 2. The lowest BCUT2D eigenvalue weighted by atomic mass is 9.99. The van der Waals surface area contributed by atoms with Crippen LogP contribution in [0, 0.1) is 10.1 Å². The molecule has 0 radical (unpaired) electrons. The Morgan fingerprint density at radius 1 is 1.24 bits per heavy atom. The maximum absolute atomic E-state index is 12.3. The van der Waals surface area contributed by atoms with E-state index < -0.39 is 4.92 Å². The lowest BCUT2D eigenvalue weighted by Gasteiger charge is -2.27. The minimum atomic E-state index is -0.578. The summed E-state index contributed by atoms with van der Waals surface area (Å²) in [5, 5.41) is 10.9. The average Bonchev–Trinajstić information content (AvgIpc) is 2.58. The third-order valence-corrected chi connectivity index (χ3v) is 4.60. The quantitative estimate of drug-likeness (QED) is 0.568. The summed E-state index contributed by atoms with van der Waals surface area (Å²) in [5.74, 6) is 0.613. The predicted molar refractivity (Wildman–Crippen MR) is 94.9 cm³/mol. The number of likely N-dealkylation sites (N-methyl/N-ethyl adjacent to an activating group) is 1. The zero-order chi connectivity index (χ0) is 18.1. The number of rotatable bonds is 4. The van der Waals surface area contributed by atoms with E-state index in [1.165, 1.54) is 12.1 Å². The zero-order valence-electron chi connectivity index (χ0n) is 13.3. The summed E-state index contributed by atoms with van der Waals surface area (Å²) in [6.45, 7) is 3.27. The molecule has 1 aliphatic heterocycles. The lowest BCUT2D eigenvalue weighted by Crippen LogP contribution is -2.37. The van der Waals surface area contributed by atoms with Gasteiger partial charge in [-0.1, -0.05) is 23.2 Å². The molecule has 2 aromatic carbocycles. The highest BCUT2D eigenvalue weighted by Crippen LogP contribution is 2.40. The fourth-order valence-corrected chi connectivity index (χ4v) is 3.30. The number of hydrogen-bond acceptors (Lipinski definition) is 4. The van der Waals surface area contributed by atoms with Crippen LogP contribution in [-0.4, -0.2) is 28.8 Å². The van der Waals surface area contributed by atoms with Gasteiger partial charge in [0.25, 0.3) is 11.6 Å². The van der Waals surface area contributed by atoms with E-state index >= 15 is 0 Å². The van der Waals surface area contributed by atoms with Gasteiger partial charge in [0, 0.05) is 30.8 Å². The molecule has 8 heteroatoms. The van der Waals surface area contributed by atoms with Crippen LogP contribution in [0.5, 0.6) is 11.5 Å². The summed E-state index contributed by atoms with van der Waals surface area (Å²) < 4.78 is 5.72. The molecule has 0 N–H and O–H groups in total. The molecule has 0 bridgehead atoms. The Hall–Kier alpha value is -2.31. The van der Waals surface area contributed by atoms with E-state index in [4.69, 9.17) is 27.9 Å². The summed E-state index contributed by atoms with van der Waals surface area (Å²) in [7, 11) is 0. The molecule has 130 valence electrons. The van der Waals surface area contributed by atoms with E-state index in [9.17, 15) is 14.9 Å². The van der Waals surface area contributed by atoms with Gasteiger partial charge in [0.1, 0.15) is 5.75 Å². The number of carbonyl (C=O) groups is 1. The molecule has 0 aliphatic carbocycles. The van der Waals surface area contributed by atoms with E-state index in [1.54, 1.807) is 23.1 Å². The van der Waals surface area contributed by atoms with Crippen LogP contribution in [0.4, 0.5) is 5.69 Å². The monoisotopic (exact) mass is 380 g/mol. The SMILES string of the molecule is CCN1CCc2cc(Oc3c(Cl)cc([N+](=O)[O-])cc3Cl)ccc2C1=O. The molecule has 0 atom stereocenters. The van der Waals surface area contributed by atoms with Crippen molar-refractivity contribution in [3.8, 4) is 11.5 Å². The summed E-state index contributed by atoms with van der Waals surface area (Å²) in [4.78, 5) is 24.3. The Labute approximate surface area is 154 Å². The van der Waals surface area contributed by atoms with Crippen LogP contribution in [0.2, 0.25) is 10.0 Å². The number of ether oxygens (including phenoxy) is 1. The molecule has 1 amide bonds. The van der Waals surface area contributed by atoms with Crippen molar-refractivity contribution in [3.63, 3.8) is 0 Å². The van der Waals surface area contributed by atoms with E-state index in [2.05, 4.69) is 0 Å². The number of fused-ring (bicyclic) bond motifs is 1. The number of hydrogen-bond donors (Lipinski definition) is 0. The number of nitrogens with zero attached hydrogens (tertiary/aromatic N) is 2. The molecule has 3 rings (SSSR count). The molecule has 0 saturated heterocycles. The van der Waals surface area contributed by atoms with Gasteiger partial charge in [-0.3, -0.25) is 14.9 Å². The summed E-state index contributed by atoms with van der Waals surface area (Å²) in [6.07, 6.45) is 0.730. The molecule has 0 spiro atoms. The normalized spacial score (nSPS) is 13.6. The second-order valence-electron chi connectivity index (χ2n) is 5.55. The van der Waals surface area contributed by atoms with Gasteiger partial charge in [0.15, 0.2) is 5.75 Å². The van der Waals surface area contributed by atoms with Gasteiger partial charge >= 0.3 is 0 Å². The fourth-order valence-electron chi connectivity index (χ4n) is 2.75. The first-order valence-corrected chi connectivity index (χ1v) is 8.39. The van der Waals surface area contributed by atoms with Gasteiger partial charge in [-0.15, -0.1) is 0 Å². The van der Waals surface area contributed by atoms with Crippen molar-refractivity contribution in [3.05, 3.63) is 61.6 Å². The maximum atomic E-state index is 12.3. The standard InChI is InChI=1S/C17H14Cl2N2O4/c1-2-20-6-5-10-7-12(3-4-13(10)17(20)22)25-16-14(18)8-11(21(23)24)9-15(16)19/h3-4,7-9H,2,5-6H2,1H3. The first-order valence-electron chi connectivity index (χ1n) is 7.64. The molecule has 2 aromatic rings. The summed E-state index contributed by atoms with van der Waals surface area (Å²) in [5.41, 5.74) is 1.33. The number of benzene rings is 2. The second kappa shape index (κ2) is 6.90. The zero-order valence-corrected chi connectivity index (χ0v) is 14.8. The highest BCUT2D eigenvalue weighted by molar-refractivity contribution is 6.37. The van der Waals surface area contributed by atoms with Crippen LogP contribution in [0.3, 0.4) is 0 Å².